The van der Waals surface area contributed by atoms with Crippen LogP contribution in [0.4, 0.5) is 0 Å². The first-order valence-corrected chi connectivity index (χ1v) is 4.02. The molecule has 0 bridgehead atoms. The van der Waals surface area contributed by atoms with Gasteiger partial charge in [-0.05, 0) is 18.2 Å². The van der Waals surface area contributed by atoms with Crippen LogP contribution < -0.4 is 34.7 Å². The minimum Gasteiger partial charge on any atom is -0.545 e. The van der Waals surface area contributed by atoms with Crippen molar-refractivity contribution in [2.75, 3.05) is 6.54 Å². The van der Waals surface area contributed by atoms with E-state index in [-0.39, 0.29) is 35.1 Å². The molecule has 0 saturated heterocycles. The molecule has 4 heteroatoms. The standard InChI is InChI=1S/C10H9NO2.Na/c12-10(13)8-4-6-11-5-2-1-3-9(11)7-8;/h1-4,6-7H,5H2,(H,12,13);/q;+1/p-1. The van der Waals surface area contributed by atoms with Crippen LogP contribution in [-0.2, 0) is 4.79 Å². The molecule has 0 aromatic rings. The van der Waals surface area contributed by atoms with Gasteiger partial charge in [0, 0.05) is 24.0 Å². The second-order valence-corrected chi connectivity index (χ2v) is 2.87. The van der Waals surface area contributed by atoms with Crippen molar-refractivity contribution in [3.8, 4) is 0 Å². The number of hydrogen-bond donors (Lipinski definition) is 0. The molecule has 0 fully saturated rings. The number of allylic oxidation sites excluding steroid dienone is 3. The van der Waals surface area contributed by atoms with Crippen molar-refractivity contribution in [3.63, 3.8) is 0 Å². The van der Waals surface area contributed by atoms with Crippen molar-refractivity contribution in [2.24, 2.45) is 0 Å². The van der Waals surface area contributed by atoms with Gasteiger partial charge in [0.2, 0.25) is 0 Å². The van der Waals surface area contributed by atoms with E-state index in [1.807, 2.05) is 23.1 Å². The zero-order chi connectivity index (χ0) is 9.26. The maximum Gasteiger partial charge on any atom is 1.00 e. The Balaban J connectivity index is 0.000000980. The first kappa shape index (κ1) is 11.3. The van der Waals surface area contributed by atoms with E-state index in [9.17, 15) is 9.90 Å². The summed E-state index contributed by atoms with van der Waals surface area (Å²) in [5, 5.41) is 10.5. The summed E-state index contributed by atoms with van der Waals surface area (Å²) in [7, 11) is 0. The Hall–Kier alpha value is -0.770. The zero-order valence-corrected chi connectivity index (χ0v) is 9.93. The fourth-order valence-corrected chi connectivity index (χ4v) is 1.32. The summed E-state index contributed by atoms with van der Waals surface area (Å²) >= 11 is 0. The van der Waals surface area contributed by atoms with Crippen LogP contribution in [0.3, 0.4) is 0 Å². The van der Waals surface area contributed by atoms with Gasteiger partial charge in [-0.2, -0.15) is 0 Å². The molecule has 14 heavy (non-hydrogen) atoms. The summed E-state index contributed by atoms with van der Waals surface area (Å²) in [6.07, 6.45) is 10.7. The Bertz CT molecular complexity index is 366. The van der Waals surface area contributed by atoms with Crippen molar-refractivity contribution in [1.82, 2.24) is 4.90 Å². The maximum atomic E-state index is 10.5. The molecule has 0 amide bonds. The average Bonchev–Trinajstić information content (AvgIpc) is 2.17. The van der Waals surface area contributed by atoms with Gasteiger partial charge in [0.15, 0.2) is 0 Å². The van der Waals surface area contributed by atoms with Gasteiger partial charge in [-0.25, -0.2) is 0 Å². The molecule has 2 heterocycles. The van der Waals surface area contributed by atoms with Crippen LogP contribution in [0, 0.1) is 0 Å². The topological polar surface area (TPSA) is 43.4 Å². The Morgan fingerprint density at radius 3 is 3.00 bits per heavy atom. The van der Waals surface area contributed by atoms with Crippen LogP contribution in [0.5, 0.6) is 0 Å². The van der Waals surface area contributed by atoms with Gasteiger partial charge in [-0.1, -0.05) is 12.2 Å². The number of fused-ring (bicyclic) bond motifs is 1. The molecule has 0 aromatic carbocycles. The van der Waals surface area contributed by atoms with Crippen LogP contribution in [0.1, 0.15) is 0 Å². The molecule has 0 spiro atoms. The molecule has 2 aliphatic rings. The van der Waals surface area contributed by atoms with Gasteiger partial charge in [0.05, 0.1) is 5.97 Å². The number of hydrogen-bond acceptors (Lipinski definition) is 3. The average molecular weight is 197 g/mol. The minimum atomic E-state index is -1.13. The van der Waals surface area contributed by atoms with Crippen LogP contribution in [0.25, 0.3) is 0 Å². The molecule has 0 radical (unpaired) electrons. The van der Waals surface area contributed by atoms with Gasteiger partial charge in [-0.15, -0.1) is 0 Å². The molecule has 0 saturated carbocycles. The number of aliphatic carboxylic acids is 1. The van der Waals surface area contributed by atoms with E-state index in [0.717, 1.165) is 12.2 Å². The van der Waals surface area contributed by atoms with Crippen LogP contribution >= 0.6 is 0 Å². The first-order chi connectivity index (χ1) is 6.27. The summed E-state index contributed by atoms with van der Waals surface area (Å²) < 4.78 is 0. The fourth-order valence-electron chi connectivity index (χ4n) is 1.32. The first-order valence-electron chi connectivity index (χ1n) is 4.02. The Labute approximate surface area is 104 Å². The summed E-state index contributed by atoms with van der Waals surface area (Å²) in [5.74, 6) is -1.13. The molecular weight excluding hydrogens is 189 g/mol. The van der Waals surface area contributed by atoms with Crippen LogP contribution in [0.15, 0.2) is 47.9 Å². The van der Waals surface area contributed by atoms with E-state index >= 15 is 0 Å². The Kier molecular flexibility index (Phi) is 3.75. The summed E-state index contributed by atoms with van der Waals surface area (Å²) in [5.41, 5.74) is 1.11. The third kappa shape index (κ3) is 2.18. The third-order valence-electron chi connectivity index (χ3n) is 2.01. The molecular formula is C10H8NNaO2. The number of carbonyl (C=O) groups excluding carboxylic acids is 1. The SMILES string of the molecule is O=C([O-])C1=CC2=CC=CCN2C=C1.[Na+]. The second kappa shape index (κ2) is 4.64. The van der Waals surface area contributed by atoms with E-state index in [4.69, 9.17) is 0 Å². The molecule has 0 aliphatic carbocycles. The van der Waals surface area contributed by atoms with Crippen LogP contribution in [0.2, 0.25) is 0 Å². The molecule has 2 rings (SSSR count). The number of carbonyl (C=O) groups is 1. The van der Waals surface area contributed by atoms with E-state index in [0.29, 0.717) is 0 Å². The Morgan fingerprint density at radius 1 is 1.50 bits per heavy atom. The van der Waals surface area contributed by atoms with Gasteiger partial charge in [-0.3, -0.25) is 0 Å². The molecule has 3 nitrogen and oxygen atoms in total. The van der Waals surface area contributed by atoms with Crippen molar-refractivity contribution in [1.29, 1.82) is 0 Å². The van der Waals surface area contributed by atoms with E-state index in [1.54, 1.807) is 18.4 Å². The van der Waals surface area contributed by atoms with E-state index < -0.39 is 5.97 Å². The molecule has 0 atom stereocenters. The van der Waals surface area contributed by atoms with Gasteiger partial charge < -0.3 is 14.8 Å². The largest absolute Gasteiger partial charge is 1.00 e. The van der Waals surface area contributed by atoms with Crippen molar-refractivity contribution in [2.45, 2.75) is 0 Å². The molecule has 0 unspecified atom stereocenters. The van der Waals surface area contributed by atoms with E-state index in [1.165, 1.54) is 0 Å². The number of nitrogens with zero attached hydrogens (tertiary/aromatic N) is 1. The third-order valence-corrected chi connectivity index (χ3v) is 2.01. The predicted molar refractivity (Wildman–Crippen MR) is 46.2 cm³/mol. The molecule has 2 aliphatic heterocycles. The quantitative estimate of drug-likeness (QED) is 0.419. The van der Waals surface area contributed by atoms with Gasteiger partial charge in [0.25, 0.3) is 0 Å². The van der Waals surface area contributed by atoms with Crippen molar-refractivity contribution in [3.05, 3.63) is 47.9 Å². The van der Waals surface area contributed by atoms with E-state index in [2.05, 4.69) is 0 Å². The summed E-state index contributed by atoms with van der Waals surface area (Å²) in [6.45, 7) is 0.791. The van der Waals surface area contributed by atoms with Crippen molar-refractivity contribution >= 4 is 5.97 Å². The Morgan fingerprint density at radius 2 is 2.29 bits per heavy atom. The minimum absolute atomic E-state index is 0. The monoisotopic (exact) mass is 197 g/mol. The van der Waals surface area contributed by atoms with Crippen molar-refractivity contribution < 1.29 is 39.5 Å². The predicted octanol–water partition coefficient (Wildman–Crippen LogP) is -3.05. The van der Waals surface area contributed by atoms with Gasteiger partial charge >= 0.3 is 29.6 Å². The number of carboxylic acids is 1. The fraction of sp³-hybridized carbons (Fsp3) is 0.100. The van der Waals surface area contributed by atoms with Gasteiger partial charge in [0.1, 0.15) is 0 Å². The second-order valence-electron chi connectivity index (χ2n) is 2.87. The molecule has 66 valence electrons. The maximum absolute atomic E-state index is 10.5. The normalized spacial score (nSPS) is 17.9. The molecule has 0 N–H and O–H groups in total. The smallest absolute Gasteiger partial charge is 0.545 e. The number of rotatable bonds is 1. The number of carboxylic acid groups (broad SMARTS) is 1. The summed E-state index contributed by atoms with van der Waals surface area (Å²) in [4.78, 5) is 12.5. The van der Waals surface area contributed by atoms with Crippen LogP contribution in [-0.4, -0.2) is 17.4 Å². The molecule has 0 aromatic heterocycles. The summed E-state index contributed by atoms with van der Waals surface area (Å²) in [6, 6.07) is 0. The zero-order valence-electron chi connectivity index (χ0n) is 7.93.